The highest BCUT2D eigenvalue weighted by Gasteiger charge is 2.19. The van der Waals surface area contributed by atoms with Gasteiger partial charge in [0.2, 0.25) is 0 Å². The SMILES string of the molecule is CC(C)NC(=S)N(C)CC1CCC1. The molecule has 0 unspecified atom stereocenters. The smallest absolute Gasteiger partial charge is 0.168 e. The molecule has 0 amide bonds. The van der Waals surface area contributed by atoms with Gasteiger partial charge in [0.15, 0.2) is 5.11 Å². The first-order valence-corrected chi connectivity index (χ1v) is 5.52. The third-order valence-electron chi connectivity index (χ3n) is 2.52. The third-order valence-corrected chi connectivity index (χ3v) is 2.95. The maximum absolute atomic E-state index is 5.26. The average Bonchev–Trinajstić information content (AvgIpc) is 1.94. The van der Waals surface area contributed by atoms with E-state index < -0.39 is 0 Å². The Bertz CT molecular complexity index is 176. The summed E-state index contributed by atoms with van der Waals surface area (Å²) >= 11 is 5.26. The zero-order valence-electron chi connectivity index (χ0n) is 8.84. The van der Waals surface area contributed by atoms with Crippen molar-refractivity contribution in [3.05, 3.63) is 0 Å². The van der Waals surface area contributed by atoms with E-state index in [1.165, 1.54) is 19.3 Å². The predicted molar refractivity (Wildman–Crippen MR) is 60.8 cm³/mol. The molecule has 0 heterocycles. The van der Waals surface area contributed by atoms with E-state index in [-0.39, 0.29) is 0 Å². The molecule has 0 aromatic rings. The van der Waals surface area contributed by atoms with E-state index >= 15 is 0 Å². The van der Waals surface area contributed by atoms with E-state index in [2.05, 4.69) is 31.1 Å². The molecule has 1 rings (SSSR count). The molecule has 0 aliphatic heterocycles. The molecular weight excluding hydrogens is 180 g/mol. The largest absolute Gasteiger partial charge is 0.360 e. The second-order valence-corrected chi connectivity index (χ2v) is 4.67. The Kier molecular flexibility index (Phi) is 3.97. The Hall–Kier alpha value is -0.310. The lowest BCUT2D eigenvalue weighted by Gasteiger charge is -2.32. The van der Waals surface area contributed by atoms with Crippen molar-refractivity contribution < 1.29 is 0 Å². The average molecular weight is 200 g/mol. The topological polar surface area (TPSA) is 15.3 Å². The van der Waals surface area contributed by atoms with Crippen LogP contribution in [-0.2, 0) is 0 Å². The molecule has 1 aliphatic rings. The summed E-state index contributed by atoms with van der Waals surface area (Å²) in [6.45, 7) is 5.35. The van der Waals surface area contributed by atoms with Crippen molar-refractivity contribution in [1.82, 2.24) is 10.2 Å². The molecule has 1 aliphatic carbocycles. The highest BCUT2D eigenvalue weighted by molar-refractivity contribution is 7.80. The minimum atomic E-state index is 0.441. The molecule has 76 valence electrons. The van der Waals surface area contributed by atoms with E-state index in [4.69, 9.17) is 12.2 Å². The molecule has 1 fully saturated rings. The van der Waals surface area contributed by atoms with E-state index in [0.717, 1.165) is 17.6 Å². The van der Waals surface area contributed by atoms with E-state index in [1.807, 2.05) is 0 Å². The van der Waals surface area contributed by atoms with E-state index in [1.54, 1.807) is 0 Å². The first-order valence-electron chi connectivity index (χ1n) is 5.11. The second-order valence-electron chi connectivity index (χ2n) is 4.28. The van der Waals surface area contributed by atoms with E-state index in [9.17, 15) is 0 Å². The summed E-state index contributed by atoms with van der Waals surface area (Å²) in [4.78, 5) is 2.17. The van der Waals surface area contributed by atoms with Gasteiger partial charge >= 0.3 is 0 Å². The summed E-state index contributed by atoms with van der Waals surface area (Å²) in [5.74, 6) is 0.886. The van der Waals surface area contributed by atoms with Gasteiger partial charge in [-0.3, -0.25) is 0 Å². The van der Waals surface area contributed by atoms with Crippen LogP contribution >= 0.6 is 12.2 Å². The van der Waals surface area contributed by atoms with Gasteiger partial charge in [0.05, 0.1) is 0 Å². The molecular formula is C10H20N2S. The van der Waals surface area contributed by atoms with Crippen LogP contribution in [0.5, 0.6) is 0 Å². The zero-order valence-corrected chi connectivity index (χ0v) is 9.66. The standard InChI is InChI=1S/C10H20N2S/c1-8(2)11-10(13)12(3)7-9-5-4-6-9/h8-9H,4-7H2,1-3H3,(H,11,13). The van der Waals surface area contributed by atoms with Crippen LogP contribution in [0, 0.1) is 5.92 Å². The van der Waals surface area contributed by atoms with E-state index in [0.29, 0.717) is 6.04 Å². The number of hydrogen-bond acceptors (Lipinski definition) is 1. The number of nitrogens with one attached hydrogen (secondary N) is 1. The monoisotopic (exact) mass is 200 g/mol. The van der Waals surface area contributed by atoms with Gasteiger partial charge in [-0.25, -0.2) is 0 Å². The highest BCUT2D eigenvalue weighted by atomic mass is 32.1. The van der Waals surface area contributed by atoms with Crippen molar-refractivity contribution >= 4 is 17.3 Å². The number of thiocarbonyl (C=S) groups is 1. The maximum atomic E-state index is 5.26. The molecule has 0 spiro atoms. The lowest BCUT2D eigenvalue weighted by atomic mass is 9.85. The van der Waals surface area contributed by atoms with Crippen molar-refractivity contribution in [2.75, 3.05) is 13.6 Å². The van der Waals surface area contributed by atoms with Crippen molar-refractivity contribution in [2.24, 2.45) is 5.92 Å². The Morgan fingerprint density at radius 3 is 2.54 bits per heavy atom. The number of hydrogen-bond donors (Lipinski definition) is 1. The molecule has 1 N–H and O–H groups in total. The van der Waals surface area contributed by atoms with Crippen LogP contribution in [0.3, 0.4) is 0 Å². The molecule has 0 atom stereocenters. The van der Waals surface area contributed by atoms with Gasteiger partial charge in [0, 0.05) is 19.6 Å². The third kappa shape index (κ3) is 3.51. The molecule has 0 radical (unpaired) electrons. The quantitative estimate of drug-likeness (QED) is 0.702. The zero-order chi connectivity index (χ0) is 9.84. The molecule has 0 saturated heterocycles. The normalized spacial score (nSPS) is 16.9. The van der Waals surface area contributed by atoms with Crippen LogP contribution in [0.15, 0.2) is 0 Å². The molecule has 3 heteroatoms. The van der Waals surface area contributed by atoms with Gasteiger partial charge in [-0.1, -0.05) is 6.42 Å². The summed E-state index contributed by atoms with van der Waals surface area (Å²) < 4.78 is 0. The molecule has 0 aromatic carbocycles. The van der Waals surface area contributed by atoms with Gasteiger partial charge < -0.3 is 10.2 Å². The van der Waals surface area contributed by atoms with Crippen molar-refractivity contribution in [1.29, 1.82) is 0 Å². The molecule has 13 heavy (non-hydrogen) atoms. The van der Waals surface area contributed by atoms with Gasteiger partial charge in [-0.15, -0.1) is 0 Å². The van der Waals surface area contributed by atoms with Gasteiger partial charge in [-0.2, -0.15) is 0 Å². The fraction of sp³-hybridized carbons (Fsp3) is 0.900. The second kappa shape index (κ2) is 4.80. The predicted octanol–water partition coefficient (Wildman–Crippen LogP) is 2.00. The van der Waals surface area contributed by atoms with Crippen LogP contribution in [0.2, 0.25) is 0 Å². The number of nitrogens with zero attached hydrogens (tertiary/aromatic N) is 1. The minimum absolute atomic E-state index is 0.441. The Balaban J connectivity index is 2.20. The Morgan fingerprint density at radius 2 is 2.15 bits per heavy atom. The minimum Gasteiger partial charge on any atom is -0.360 e. The summed E-state index contributed by atoms with van der Waals surface area (Å²) in [6.07, 6.45) is 4.17. The molecule has 1 saturated carbocycles. The van der Waals surface area contributed by atoms with Gasteiger partial charge in [-0.05, 0) is 44.8 Å². The van der Waals surface area contributed by atoms with Crippen LogP contribution < -0.4 is 5.32 Å². The lowest BCUT2D eigenvalue weighted by molar-refractivity contribution is 0.257. The molecule has 0 bridgehead atoms. The lowest BCUT2D eigenvalue weighted by Crippen LogP contribution is -2.43. The van der Waals surface area contributed by atoms with Gasteiger partial charge in [0.25, 0.3) is 0 Å². The van der Waals surface area contributed by atoms with Crippen LogP contribution in [0.1, 0.15) is 33.1 Å². The highest BCUT2D eigenvalue weighted by Crippen LogP contribution is 2.26. The Morgan fingerprint density at radius 1 is 1.54 bits per heavy atom. The van der Waals surface area contributed by atoms with Crippen LogP contribution in [0.4, 0.5) is 0 Å². The summed E-state index contributed by atoms with van der Waals surface area (Å²) in [5, 5.41) is 4.14. The van der Waals surface area contributed by atoms with Crippen LogP contribution in [-0.4, -0.2) is 29.6 Å². The fourth-order valence-electron chi connectivity index (χ4n) is 1.50. The Labute approximate surface area is 86.7 Å². The summed E-state index contributed by atoms with van der Waals surface area (Å²) in [6, 6.07) is 0.441. The first-order chi connectivity index (χ1) is 6.09. The van der Waals surface area contributed by atoms with Crippen molar-refractivity contribution in [2.45, 2.75) is 39.2 Å². The first kappa shape index (κ1) is 10.8. The van der Waals surface area contributed by atoms with Gasteiger partial charge in [0.1, 0.15) is 0 Å². The van der Waals surface area contributed by atoms with Crippen molar-refractivity contribution in [3.8, 4) is 0 Å². The summed E-state index contributed by atoms with van der Waals surface area (Å²) in [7, 11) is 2.08. The number of rotatable bonds is 3. The summed E-state index contributed by atoms with van der Waals surface area (Å²) in [5.41, 5.74) is 0. The maximum Gasteiger partial charge on any atom is 0.168 e. The van der Waals surface area contributed by atoms with Crippen LogP contribution in [0.25, 0.3) is 0 Å². The molecule has 0 aromatic heterocycles. The van der Waals surface area contributed by atoms with Crippen molar-refractivity contribution in [3.63, 3.8) is 0 Å². The fourth-order valence-corrected chi connectivity index (χ4v) is 1.81. The molecule has 2 nitrogen and oxygen atoms in total.